The number of anilines is 1. The minimum Gasteiger partial charge on any atom is -0.368 e. The van der Waals surface area contributed by atoms with Gasteiger partial charge in [-0.15, -0.1) is 0 Å². The Morgan fingerprint density at radius 3 is 2.22 bits per heavy atom. The lowest BCUT2D eigenvalue weighted by atomic mass is 10.2. The van der Waals surface area contributed by atoms with Crippen molar-refractivity contribution < 1.29 is 9.18 Å². The van der Waals surface area contributed by atoms with Crippen LogP contribution in [0.3, 0.4) is 0 Å². The van der Waals surface area contributed by atoms with Crippen molar-refractivity contribution in [3.05, 3.63) is 66.0 Å². The van der Waals surface area contributed by atoms with Gasteiger partial charge in [0.15, 0.2) is 0 Å². The summed E-state index contributed by atoms with van der Waals surface area (Å²) in [7, 11) is 0. The number of benzene rings is 2. The molecule has 3 rings (SSSR count). The van der Waals surface area contributed by atoms with Crippen LogP contribution < -0.4 is 4.90 Å². The maximum Gasteiger partial charge on any atom is 0.236 e. The van der Waals surface area contributed by atoms with Crippen molar-refractivity contribution in [2.45, 2.75) is 26.4 Å². The van der Waals surface area contributed by atoms with Crippen molar-refractivity contribution in [1.82, 2.24) is 9.80 Å². The Morgan fingerprint density at radius 1 is 1.00 bits per heavy atom. The van der Waals surface area contributed by atoms with E-state index in [-0.39, 0.29) is 11.7 Å². The average Bonchev–Trinajstić information content (AvgIpc) is 2.69. The van der Waals surface area contributed by atoms with Gasteiger partial charge in [-0.2, -0.15) is 0 Å². The molecule has 1 heterocycles. The molecule has 1 amide bonds. The van der Waals surface area contributed by atoms with Gasteiger partial charge in [0.1, 0.15) is 5.82 Å². The molecule has 0 aliphatic carbocycles. The molecule has 1 aliphatic heterocycles. The zero-order valence-electron chi connectivity index (χ0n) is 16.1. The predicted octanol–water partition coefficient (Wildman–Crippen LogP) is 3.38. The molecule has 2 aromatic rings. The van der Waals surface area contributed by atoms with E-state index in [0.29, 0.717) is 25.7 Å². The van der Waals surface area contributed by atoms with E-state index in [1.165, 1.54) is 17.7 Å². The number of carbonyl (C=O) groups is 1. The Balaban J connectivity index is 1.54. The molecule has 144 valence electrons. The van der Waals surface area contributed by atoms with Crippen LogP contribution in [0.25, 0.3) is 0 Å². The molecule has 2 aromatic carbocycles. The molecular weight excluding hydrogens is 341 g/mol. The maximum atomic E-state index is 13.1. The molecule has 0 bridgehead atoms. The zero-order chi connectivity index (χ0) is 19.2. The Labute approximate surface area is 161 Å². The smallest absolute Gasteiger partial charge is 0.236 e. The van der Waals surface area contributed by atoms with Crippen molar-refractivity contribution in [1.29, 1.82) is 0 Å². The Morgan fingerprint density at radius 2 is 1.63 bits per heavy atom. The highest BCUT2D eigenvalue weighted by Gasteiger charge is 2.24. The summed E-state index contributed by atoms with van der Waals surface area (Å²) in [6.07, 6.45) is 0. The van der Waals surface area contributed by atoms with E-state index in [0.717, 1.165) is 25.3 Å². The topological polar surface area (TPSA) is 26.8 Å². The van der Waals surface area contributed by atoms with E-state index >= 15 is 0 Å². The summed E-state index contributed by atoms with van der Waals surface area (Å²) in [5.74, 6) is -0.0434. The largest absolute Gasteiger partial charge is 0.368 e. The van der Waals surface area contributed by atoms with Crippen LogP contribution in [0.1, 0.15) is 19.4 Å². The number of hydrogen-bond donors (Lipinski definition) is 0. The number of amides is 1. The Kier molecular flexibility index (Phi) is 6.45. The molecule has 0 spiro atoms. The molecule has 0 unspecified atom stereocenters. The second kappa shape index (κ2) is 9.00. The number of carbonyl (C=O) groups excluding carboxylic acids is 1. The van der Waals surface area contributed by atoms with E-state index in [1.807, 2.05) is 23.1 Å². The molecule has 0 aromatic heterocycles. The van der Waals surface area contributed by atoms with Gasteiger partial charge in [-0.3, -0.25) is 9.69 Å². The summed E-state index contributed by atoms with van der Waals surface area (Å²) >= 11 is 0. The van der Waals surface area contributed by atoms with Gasteiger partial charge in [-0.25, -0.2) is 4.39 Å². The van der Waals surface area contributed by atoms with Gasteiger partial charge >= 0.3 is 0 Å². The minimum atomic E-state index is -0.222. The fourth-order valence-corrected chi connectivity index (χ4v) is 3.38. The van der Waals surface area contributed by atoms with Gasteiger partial charge in [0, 0.05) is 44.5 Å². The predicted molar refractivity (Wildman–Crippen MR) is 107 cm³/mol. The Bertz CT molecular complexity index is 725. The first kappa shape index (κ1) is 19.4. The number of nitrogens with zero attached hydrogens (tertiary/aromatic N) is 3. The van der Waals surface area contributed by atoms with Crippen molar-refractivity contribution in [3.8, 4) is 0 Å². The fraction of sp³-hybridized carbons (Fsp3) is 0.409. The summed E-state index contributed by atoms with van der Waals surface area (Å²) in [6, 6.07) is 17.1. The van der Waals surface area contributed by atoms with Gasteiger partial charge in [-0.05, 0) is 43.7 Å². The lowest BCUT2D eigenvalue weighted by molar-refractivity contribution is -0.133. The van der Waals surface area contributed by atoms with E-state index in [9.17, 15) is 9.18 Å². The molecule has 27 heavy (non-hydrogen) atoms. The van der Waals surface area contributed by atoms with Gasteiger partial charge in [0.05, 0.1) is 6.54 Å². The van der Waals surface area contributed by atoms with Crippen molar-refractivity contribution >= 4 is 11.6 Å². The van der Waals surface area contributed by atoms with Gasteiger partial charge in [0.25, 0.3) is 0 Å². The van der Waals surface area contributed by atoms with Crippen LogP contribution in [-0.4, -0.2) is 54.5 Å². The minimum absolute atomic E-state index is 0.179. The van der Waals surface area contributed by atoms with E-state index < -0.39 is 0 Å². The van der Waals surface area contributed by atoms with E-state index in [2.05, 4.69) is 35.8 Å². The summed E-state index contributed by atoms with van der Waals surface area (Å²) < 4.78 is 13.1. The lowest BCUT2D eigenvalue weighted by Crippen LogP contribution is -2.51. The first-order valence-corrected chi connectivity index (χ1v) is 9.59. The maximum absolute atomic E-state index is 13.1. The van der Waals surface area contributed by atoms with Crippen molar-refractivity contribution in [3.63, 3.8) is 0 Å². The third kappa shape index (κ3) is 5.30. The van der Waals surface area contributed by atoms with Crippen LogP contribution in [-0.2, 0) is 11.3 Å². The van der Waals surface area contributed by atoms with Crippen LogP contribution >= 0.6 is 0 Å². The summed E-state index contributed by atoms with van der Waals surface area (Å²) in [6.45, 7) is 8.42. The second-order valence-corrected chi connectivity index (χ2v) is 7.33. The van der Waals surface area contributed by atoms with E-state index in [4.69, 9.17) is 0 Å². The molecular formula is C22H28FN3O. The zero-order valence-corrected chi connectivity index (χ0v) is 16.1. The lowest BCUT2D eigenvalue weighted by Gasteiger charge is -2.37. The number of piperazine rings is 1. The quantitative estimate of drug-likeness (QED) is 0.781. The van der Waals surface area contributed by atoms with Gasteiger partial charge in [0.2, 0.25) is 5.91 Å². The van der Waals surface area contributed by atoms with Gasteiger partial charge < -0.3 is 9.80 Å². The van der Waals surface area contributed by atoms with Crippen molar-refractivity contribution in [2.24, 2.45) is 0 Å². The van der Waals surface area contributed by atoms with Crippen LogP contribution in [0, 0.1) is 5.82 Å². The molecule has 1 saturated heterocycles. The van der Waals surface area contributed by atoms with Crippen LogP contribution in [0.4, 0.5) is 10.1 Å². The summed E-state index contributed by atoms with van der Waals surface area (Å²) in [4.78, 5) is 19.2. The Hall–Kier alpha value is -2.40. The van der Waals surface area contributed by atoms with E-state index in [1.54, 1.807) is 12.1 Å². The summed E-state index contributed by atoms with van der Waals surface area (Å²) in [5.41, 5.74) is 2.23. The number of rotatable bonds is 6. The second-order valence-electron chi connectivity index (χ2n) is 7.33. The highest BCUT2D eigenvalue weighted by molar-refractivity contribution is 5.78. The van der Waals surface area contributed by atoms with Crippen LogP contribution in [0.2, 0.25) is 0 Å². The molecule has 1 aliphatic rings. The molecule has 0 saturated carbocycles. The molecule has 0 atom stereocenters. The standard InChI is InChI=1S/C22H28FN3O/c1-18(2)26(16-19-6-4-3-5-7-19)17-22(27)25-14-12-24(13-15-25)21-10-8-20(23)9-11-21/h3-11,18H,12-17H2,1-2H3. The van der Waals surface area contributed by atoms with Crippen LogP contribution in [0.5, 0.6) is 0 Å². The average molecular weight is 369 g/mol. The molecule has 0 N–H and O–H groups in total. The third-order valence-corrected chi connectivity index (χ3v) is 5.12. The fourth-order valence-electron chi connectivity index (χ4n) is 3.38. The molecule has 0 radical (unpaired) electrons. The SMILES string of the molecule is CC(C)N(CC(=O)N1CCN(c2ccc(F)cc2)CC1)Cc1ccccc1. The highest BCUT2D eigenvalue weighted by atomic mass is 19.1. The summed E-state index contributed by atoms with van der Waals surface area (Å²) in [5, 5.41) is 0. The monoisotopic (exact) mass is 369 g/mol. The first-order valence-electron chi connectivity index (χ1n) is 9.59. The third-order valence-electron chi connectivity index (χ3n) is 5.12. The van der Waals surface area contributed by atoms with Crippen molar-refractivity contribution in [2.75, 3.05) is 37.6 Å². The van der Waals surface area contributed by atoms with Gasteiger partial charge in [-0.1, -0.05) is 30.3 Å². The molecule has 4 nitrogen and oxygen atoms in total. The highest BCUT2D eigenvalue weighted by Crippen LogP contribution is 2.17. The number of halogens is 1. The molecule has 1 fully saturated rings. The first-order chi connectivity index (χ1) is 13.0. The number of hydrogen-bond acceptors (Lipinski definition) is 3. The normalized spacial score (nSPS) is 14.9. The van der Waals surface area contributed by atoms with Crippen LogP contribution in [0.15, 0.2) is 54.6 Å². The molecule has 5 heteroatoms.